The maximum atomic E-state index is 13.8. The third-order valence-electron chi connectivity index (χ3n) is 9.83. The van der Waals surface area contributed by atoms with Gasteiger partial charge in [-0.2, -0.15) is 0 Å². The minimum atomic E-state index is -0.287. The van der Waals surface area contributed by atoms with E-state index in [9.17, 15) is 9.59 Å². The van der Waals surface area contributed by atoms with Gasteiger partial charge in [0.25, 0.3) is 5.91 Å². The number of hydrogen-bond acceptors (Lipinski definition) is 6. The second-order valence-electron chi connectivity index (χ2n) is 12.7. The van der Waals surface area contributed by atoms with E-state index >= 15 is 0 Å². The van der Waals surface area contributed by atoms with E-state index in [1.54, 1.807) is 18.9 Å². The van der Waals surface area contributed by atoms with Crippen LogP contribution in [0.25, 0.3) is 0 Å². The number of carbonyl (C=O) groups excluding carboxylic acids is 2. The predicted molar refractivity (Wildman–Crippen MR) is 164 cm³/mol. The lowest BCUT2D eigenvalue weighted by Gasteiger charge is -2.55. The number of amides is 2. The van der Waals surface area contributed by atoms with Gasteiger partial charge in [-0.3, -0.25) is 9.59 Å². The zero-order valence-corrected chi connectivity index (χ0v) is 24.6. The molecule has 7 nitrogen and oxygen atoms in total. The third-order valence-corrected chi connectivity index (χ3v) is 10.9. The molecular formula is C33H38N4O3S. The van der Waals surface area contributed by atoms with E-state index in [1.807, 2.05) is 43.3 Å². The van der Waals surface area contributed by atoms with Crippen molar-refractivity contribution >= 4 is 40.1 Å². The van der Waals surface area contributed by atoms with Crippen molar-refractivity contribution in [2.24, 2.45) is 28.2 Å². The highest BCUT2D eigenvalue weighted by Crippen LogP contribution is 2.60. The van der Waals surface area contributed by atoms with Gasteiger partial charge in [0.2, 0.25) is 5.91 Å². The number of anilines is 2. The lowest BCUT2D eigenvalue weighted by atomic mass is 9.49. The van der Waals surface area contributed by atoms with E-state index in [0.29, 0.717) is 11.3 Å². The molecular weight excluding hydrogens is 532 g/mol. The van der Waals surface area contributed by atoms with Gasteiger partial charge in [-0.15, -0.1) is 0 Å². The number of benzene rings is 2. The summed E-state index contributed by atoms with van der Waals surface area (Å²) in [5.74, 6) is 3.93. The predicted octanol–water partition coefficient (Wildman–Crippen LogP) is 6.61. The molecule has 1 unspecified atom stereocenters. The summed E-state index contributed by atoms with van der Waals surface area (Å²) >= 11 is 1.74. The number of nitrogens with zero attached hydrogens (tertiary/aromatic N) is 2. The molecule has 2 aromatic rings. The molecule has 8 rings (SSSR count). The van der Waals surface area contributed by atoms with E-state index < -0.39 is 0 Å². The van der Waals surface area contributed by atoms with Gasteiger partial charge >= 0.3 is 0 Å². The highest BCUT2D eigenvalue weighted by Gasteiger charge is 2.54. The zero-order chi connectivity index (χ0) is 28.1. The van der Waals surface area contributed by atoms with Crippen LogP contribution in [0.5, 0.6) is 5.75 Å². The molecule has 5 fully saturated rings. The van der Waals surface area contributed by atoms with Crippen molar-refractivity contribution in [1.82, 2.24) is 4.90 Å². The van der Waals surface area contributed by atoms with E-state index in [4.69, 9.17) is 9.73 Å². The second kappa shape index (κ2) is 10.5. The largest absolute Gasteiger partial charge is 0.497 e. The molecule has 2 amide bonds. The molecule has 4 bridgehead atoms. The maximum absolute atomic E-state index is 13.8. The first-order valence-corrected chi connectivity index (χ1v) is 15.9. The van der Waals surface area contributed by atoms with Crippen molar-refractivity contribution in [3.63, 3.8) is 0 Å². The van der Waals surface area contributed by atoms with Gasteiger partial charge in [0, 0.05) is 23.7 Å². The lowest BCUT2D eigenvalue weighted by Crippen LogP contribution is -2.51. The molecule has 4 aliphatic carbocycles. The number of rotatable bonds is 6. The van der Waals surface area contributed by atoms with Crippen molar-refractivity contribution in [3.8, 4) is 5.75 Å². The first-order chi connectivity index (χ1) is 19.9. The molecule has 0 aromatic heterocycles. The van der Waals surface area contributed by atoms with Crippen LogP contribution in [0.3, 0.4) is 0 Å². The van der Waals surface area contributed by atoms with Crippen LogP contribution in [-0.4, -0.2) is 41.3 Å². The van der Waals surface area contributed by atoms with Crippen molar-refractivity contribution in [2.75, 3.05) is 30.0 Å². The topological polar surface area (TPSA) is 83.0 Å². The highest BCUT2D eigenvalue weighted by atomic mass is 32.2. The number of thioether (sulfide) groups is 1. The van der Waals surface area contributed by atoms with Crippen LogP contribution in [-0.2, 0) is 9.59 Å². The Balaban J connectivity index is 1.17. The fraction of sp³-hybridized carbons (Fsp3) is 0.485. The first-order valence-electron chi connectivity index (χ1n) is 15.0. The number of fused-ring (bicyclic) bond motifs is 1. The maximum Gasteiger partial charge on any atom is 0.255 e. The fourth-order valence-corrected chi connectivity index (χ4v) is 9.44. The molecule has 6 aliphatic rings. The number of methoxy groups -OCH3 is 1. The van der Waals surface area contributed by atoms with Gasteiger partial charge in [0.05, 0.1) is 29.8 Å². The number of carbonyl (C=O) groups is 2. The Hall–Kier alpha value is -3.26. The van der Waals surface area contributed by atoms with Crippen LogP contribution in [0.4, 0.5) is 11.4 Å². The van der Waals surface area contributed by atoms with Crippen molar-refractivity contribution < 1.29 is 14.3 Å². The monoisotopic (exact) mass is 570 g/mol. The molecule has 2 aliphatic heterocycles. The van der Waals surface area contributed by atoms with Crippen LogP contribution in [0.2, 0.25) is 0 Å². The SMILES string of the molecule is COc1ccc(NC(=O)C2=C(C)N=C3SCCCN3C2c2cccc(NC(=O)C34CC5CC(CC(C5)C3)C4)c2)cc1. The minimum Gasteiger partial charge on any atom is -0.497 e. The average Bonchev–Trinajstić information content (AvgIpc) is 2.96. The zero-order valence-electron chi connectivity index (χ0n) is 23.8. The Morgan fingerprint density at radius 3 is 2.37 bits per heavy atom. The number of nitrogens with one attached hydrogen (secondary N) is 2. The van der Waals surface area contributed by atoms with Crippen LogP contribution in [0.1, 0.15) is 63.5 Å². The van der Waals surface area contributed by atoms with E-state index in [-0.39, 0.29) is 23.3 Å². The lowest BCUT2D eigenvalue weighted by molar-refractivity contribution is -0.140. The molecule has 214 valence electrons. The van der Waals surface area contributed by atoms with Gasteiger partial charge in [0.1, 0.15) is 5.75 Å². The Bertz CT molecular complexity index is 1400. The summed E-state index contributed by atoms with van der Waals surface area (Å²) in [6, 6.07) is 15.2. The molecule has 41 heavy (non-hydrogen) atoms. The summed E-state index contributed by atoms with van der Waals surface area (Å²) in [5.41, 5.74) is 3.65. The number of aliphatic imine (C=N–C) groups is 1. The minimum absolute atomic E-state index is 0.168. The van der Waals surface area contributed by atoms with Crippen LogP contribution >= 0.6 is 11.8 Å². The second-order valence-corrected chi connectivity index (χ2v) is 13.7. The molecule has 2 N–H and O–H groups in total. The molecule has 8 heteroatoms. The summed E-state index contributed by atoms with van der Waals surface area (Å²) in [5, 5.41) is 7.38. The summed E-state index contributed by atoms with van der Waals surface area (Å²) in [7, 11) is 1.63. The fourth-order valence-electron chi connectivity index (χ4n) is 8.42. The highest BCUT2D eigenvalue weighted by molar-refractivity contribution is 8.13. The summed E-state index contributed by atoms with van der Waals surface area (Å²) in [6.07, 6.45) is 8.08. The number of amidine groups is 1. The smallest absolute Gasteiger partial charge is 0.255 e. The summed E-state index contributed by atoms with van der Waals surface area (Å²) < 4.78 is 5.27. The standard InChI is InChI=1S/C33H38N4O3S/c1-20-28(30(38)35-25-7-9-27(40-2)10-8-25)29(37-11-4-12-41-32(37)34-20)24-5-3-6-26(16-24)36-31(39)33-17-21-13-22(18-33)15-23(14-21)19-33/h3,5-10,16,21-23,29H,4,11-15,17-19H2,1-2H3,(H,35,38)(H,36,39). The molecule has 2 aromatic carbocycles. The van der Waals surface area contributed by atoms with Crippen molar-refractivity contribution in [1.29, 1.82) is 0 Å². The number of hydrogen-bond donors (Lipinski definition) is 2. The molecule has 2 heterocycles. The van der Waals surface area contributed by atoms with Crippen LogP contribution in [0, 0.1) is 23.2 Å². The summed E-state index contributed by atoms with van der Waals surface area (Å²) in [4.78, 5) is 34.8. The first kappa shape index (κ1) is 26.6. The van der Waals surface area contributed by atoms with Gasteiger partial charge in [-0.05, 0) is 112 Å². The normalized spacial score (nSPS) is 30.0. The molecule has 1 atom stereocenters. The van der Waals surface area contributed by atoms with Crippen molar-refractivity contribution in [2.45, 2.75) is 57.9 Å². The quantitative estimate of drug-likeness (QED) is 0.408. The molecule has 0 radical (unpaired) electrons. The number of ether oxygens (including phenoxy) is 1. The van der Waals surface area contributed by atoms with Gasteiger partial charge < -0.3 is 20.3 Å². The summed E-state index contributed by atoms with van der Waals surface area (Å²) in [6.45, 7) is 2.75. The molecule has 1 saturated heterocycles. The Kier molecular flexibility index (Phi) is 6.84. The van der Waals surface area contributed by atoms with E-state index in [2.05, 4.69) is 27.7 Å². The van der Waals surface area contributed by atoms with Crippen molar-refractivity contribution in [3.05, 3.63) is 65.4 Å². The Labute approximate surface area is 246 Å². The van der Waals surface area contributed by atoms with Crippen LogP contribution in [0.15, 0.2) is 64.8 Å². The number of allylic oxidation sites excluding steroid dienone is 1. The Morgan fingerprint density at radius 1 is 0.976 bits per heavy atom. The van der Waals surface area contributed by atoms with Crippen LogP contribution < -0.4 is 15.4 Å². The van der Waals surface area contributed by atoms with Gasteiger partial charge in [-0.25, -0.2) is 4.99 Å². The van der Waals surface area contributed by atoms with Gasteiger partial charge in [-0.1, -0.05) is 23.9 Å². The third kappa shape index (κ3) is 4.94. The van der Waals surface area contributed by atoms with E-state index in [1.165, 1.54) is 19.3 Å². The van der Waals surface area contributed by atoms with Gasteiger partial charge in [0.15, 0.2) is 5.17 Å². The molecule has 0 spiro atoms. The Morgan fingerprint density at radius 2 is 1.68 bits per heavy atom. The van der Waals surface area contributed by atoms with E-state index in [0.717, 1.165) is 83.6 Å². The average molecular weight is 571 g/mol. The molecule has 4 saturated carbocycles.